The van der Waals surface area contributed by atoms with Gasteiger partial charge in [-0.05, 0) is 30.5 Å². The molecule has 0 unspecified atom stereocenters. The van der Waals surface area contributed by atoms with Crippen LogP contribution in [0, 0.1) is 0 Å². The lowest BCUT2D eigenvalue weighted by atomic mass is 10.1. The second kappa shape index (κ2) is 7.95. The van der Waals surface area contributed by atoms with Crippen LogP contribution in [0.2, 0.25) is 0 Å². The van der Waals surface area contributed by atoms with E-state index in [4.69, 9.17) is 4.74 Å². The smallest absolute Gasteiger partial charge is 0.338 e. The Morgan fingerprint density at radius 1 is 0.900 bits per heavy atom. The average Bonchev–Trinajstić information content (AvgIpc) is 2.52. The average molecular weight is 266 g/mol. The fraction of sp³-hybridized carbons (Fsp3) is 0.167. The molecule has 0 aliphatic heterocycles. The Morgan fingerprint density at radius 3 is 2.25 bits per heavy atom. The molecule has 0 radical (unpaired) electrons. The Kier molecular flexibility index (Phi) is 5.59. The van der Waals surface area contributed by atoms with E-state index in [0.29, 0.717) is 12.2 Å². The SMILES string of the molecule is O=C(OC/C=C/CCc1ccccc1)c1ccccc1. The van der Waals surface area contributed by atoms with Crippen LogP contribution in [-0.2, 0) is 11.2 Å². The molecule has 0 bridgehead atoms. The molecular weight excluding hydrogens is 248 g/mol. The number of rotatable bonds is 6. The summed E-state index contributed by atoms with van der Waals surface area (Å²) in [6, 6.07) is 19.4. The van der Waals surface area contributed by atoms with Crippen LogP contribution in [0.25, 0.3) is 0 Å². The summed E-state index contributed by atoms with van der Waals surface area (Å²) < 4.78 is 5.15. The molecule has 2 aromatic rings. The largest absolute Gasteiger partial charge is 0.458 e. The molecule has 0 N–H and O–H groups in total. The van der Waals surface area contributed by atoms with Crippen LogP contribution in [0.1, 0.15) is 22.3 Å². The van der Waals surface area contributed by atoms with E-state index in [1.807, 2.05) is 48.6 Å². The number of hydrogen-bond acceptors (Lipinski definition) is 2. The van der Waals surface area contributed by atoms with Crippen LogP contribution < -0.4 is 0 Å². The summed E-state index contributed by atoms with van der Waals surface area (Å²) in [6.45, 7) is 0.322. The minimum Gasteiger partial charge on any atom is -0.458 e. The van der Waals surface area contributed by atoms with Crippen LogP contribution in [0.3, 0.4) is 0 Å². The maximum atomic E-state index is 11.6. The number of hydrogen-bond donors (Lipinski definition) is 0. The molecule has 102 valence electrons. The van der Waals surface area contributed by atoms with Crippen molar-refractivity contribution in [3.8, 4) is 0 Å². The van der Waals surface area contributed by atoms with E-state index in [1.165, 1.54) is 5.56 Å². The first-order chi connectivity index (χ1) is 9.86. The minimum absolute atomic E-state index is 0.279. The van der Waals surface area contributed by atoms with Crippen molar-refractivity contribution in [2.24, 2.45) is 0 Å². The zero-order valence-corrected chi connectivity index (χ0v) is 11.4. The molecule has 2 nitrogen and oxygen atoms in total. The van der Waals surface area contributed by atoms with Gasteiger partial charge in [-0.2, -0.15) is 0 Å². The lowest BCUT2D eigenvalue weighted by Crippen LogP contribution is -2.04. The standard InChI is InChI=1S/C18H18O2/c19-18(17-13-7-2-8-14-17)20-15-9-3-6-12-16-10-4-1-5-11-16/h1-5,7-11,13-14H,6,12,15H2/b9-3+. The molecule has 0 amide bonds. The molecular formula is C18H18O2. The maximum Gasteiger partial charge on any atom is 0.338 e. The first kappa shape index (κ1) is 14.1. The molecule has 2 rings (SSSR count). The predicted octanol–water partition coefficient (Wildman–Crippen LogP) is 4.03. The van der Waals surface area contributed by atoms with E-state index in [1.54, 1.807) is 12.1 Å². The van der Waals surface area contributed by atoms with E-state index in [9.17, 15) is 4.79 Å². The molecule has 0 atom stereocenters. The number of esters is 1. The van der Waals surface area contributed by atoms with Crippen LogP contribution in [0.4, 0.5) is 0 Å². The highest BCUT2D eigenvalue weighted by atomic mass is 16.5. The molecule has 0 aliphatic rings. The second-order valence-electron chi connectivity index (χ2n) is 4.46. The van der Waals surface area contributed by atoms with Crippen molar-refractivity contribution in [1.29, 1.82) is 0 Å². The third-order valence-electron chi connectivity index (χ3n) is 2.93. The van der Waals surface area contributed by atoms with Crippen molar-refractivity contribution in [2.45, 2.75) is 12.8 Å². The van der Waals surface area contributed by atoms with Gasteiger partial charge in [-0.3, -0.25) is 0 Å². The summed E-state index contributed by atoms with van der Waals surface area (Å²) in [5.41, 5.74) is 1.91. The Morgan fingerprint density at radius 2 is 1.55 bits per heavy atom. The van der Waals surface area contributed by atoms with Gasteiger partial charge < -0.3 is 4.74 Å². The van der Waals surface area contributed by atoms with Gasteiger partial charge in [-0.1, -0.05) is 60.7 Å². The summed E-state index contributed by atoms with van der Waals surface area (Å²) in [6.07, 6.45) is 5.89. The van der Waals surface area contributed by atoms with Gasteiger partial charge in [0.2, 0.25) is 0 Å². The molecule has 0 heterocycles. The van der Waals surface area contributed by atoms with Gasteiger partial charge >= 0.3 is 5.97 Å². The van der Waals surface area contributed by atoms with Crippen molar-refractivity contribution in [1.82, 2.24) is 0 Å². The minimum atomic E-state index is -0.279. The summed E-state index contributed by atoms with van der Waals surface area (Å²) in [4.78, 5) is 11.6. The van der Waals surface area contributed by atoms with Gasteiger partial charge in [0.25, 0.3) is 0 Å². The Hall–Kier alpha value is -2.35. The monoisotopic (exact) mass is 266 g/mol. The van der Waals surface area contributed by atoms with Crippen molar-refractivity contribution in [2.75, 3.05) is 6.61 Å². The fourth-order valence-electron chi connectivity index (χ4n) is 1.86. The van der Waals surface area contributed by atoms with Gasteiger partial charge in [0.15, 0.2) is 0 Å². The van der Waals surface area contributed by atoms with Gasteiger partial charge in [0.05, 0.1) is 5.56 Å². The Labute approximate surface area is 119 Å². The van der Waals surface area contributed by atoms with E-state index in [-0.39, 0.29) is 5.97 Å². The number of aryl methyl sites for hydroxylation is 1. The van der Waals surface area contributed by atoms with Gasteiger partial charge in [0.1, 0.15) is 6.61 Å². The van der Waals surface area contributed by atoms with Crippen molar-refractivity contribution in [3.63, 3.8) is 0 Å². The van der Waals surface area contributed by atoms with Crippen LogP contribution in [-0.4, -0.2) is 12.6 Å². The van der Waals surface area contributed by atoms with Crippen molar-refractivity contribution < 1.29 is 9.53 Å². The Balaban J connectivity index is 1.66. The lowest BCUT2D eigenvalue weighted by Gasteiger charge is -2.01. The second-order valence-corrected chi connectivity index (χ2v) is 4.46. The highest BCUT2D eigenvalue weighted by molar-refractivity contribution is 5.89. The highest BCUT2D eigenvalue weighted by Gasteiger charge is 2.03. The molecule has 0 spiro atoms. The number of carbonyl (C=O) groups is 1. The third kappa shape index (κ3) is 4.73. The first-order valence-electron chi connectivity index (χ1n) is 6.77. The predicted molar refractivity (Wildman–Crippen MR) is 80.6 cm³/mol. The van der Waals surface area contributed by atoms with Gasteiger partial charge in [0, 0.05) is 0 Å². The third-order valence-corrected chi connectivity index (χ3v) is 2.93. The molecule has 0 saturated carbocycles. The summed E-state index contributed by atoms with van der Waals surface area (Å²) in [5.74, 6) is -0.279. The maximum absolute atomic E-state index is 11.6. The van der Waals surface area contributed by atoms with Gasteiger partial charge in [-0.25, -0.2) is 4.79 Å². The molecule has 0 fully saturated rings. The number of carbonyl (C=O) groups excluding carboxylic acids is 1. The molecule has 0 aliphatic carbocycles. The zero-order valence-electron chi connectivity index (χ0n) is 11.4. The van der Waals surface area contributed by atoms with Crippen LogP contribution in [0.15, 0.2) is 72.8 Å². The normalized spacial score (nSPS) is 10.6. The number of ether oxygens (including phenoxy) is 1. The molecule has 2 heteroatoms. The highest BCUT2D eigenvalue weighted by Crippen LogP contribution is 2.03. The van der Waals surface area contributed by atoms with Crippen LogP contribution >= 0.6 is 0 Å². The summed E-state index contributed by atoms with van der Waals surface area (Å²) >= 11 is 0. The van der Waals surface area contributed by atoms with Crippen LogP contribution in [0.5, 0.6) is 0 Å². The first-order valence-corrected chi connectivity index (χ1v) is 6.77. The topological polar surface area (TPSA) is 26.3 Å². The van der Waals surface area contributed by atoms with E-state index >= 15 is 0 Å². The molecule has 2 aromatic carbocycles. The number of benzene rings is 2. The van der Waals surface area contributed by atoms with E-state index in [2.05, 4.69) is 12.1 Å². The molecule has 0 aromatic heterocycles. The Bertz CT molecular complexity index is 544. The van der Waals surface area contributed by atoms with Crippen molar-refractivity contribution in [3.05, 3.63) is 83.9 Å². The van der Waals surface area contributed by atoms with Gasteiger partial charge in [-0.15, -0.1) is 0 Å². The zero-order chi connectivity index (χ0) is 14.0. The van der Waals surface area contributed by atoms with E-state index < -0.39 is 0 Å². The summed E-state index contributed by atoms with van der Waals surface area (Å²) in [5, 5.41) is 0. The summed E-state index contributed by atoms with van der Waals surface area (Å²) in [7, 11) is 0. The van der Waals surface area contributed by atoms with E-state index in [0.717, 1.165) is 12.8 Å². The quantitative estimate of drug-likeness (QED) is 0.583. The number of allylic oxidation sites excluding steroid dienone is 1. The fourth-order valence-corrected chi connectivity index (χ4v) is 1.86. The molecule has 20 heavy (non-hydrogen) atoms. The lowest BCUT2D eigenvalue weighted by molar-refractivity contribution is 0.0549. The molecule has 0 saturated heterocycles. The van der Waals surface area contributed by atoms with Crippen molar-refractivity contribution >= 4 is 5.97 Å².